The summed E-state index contributed by atoms with van der Waals surface area (Å²) in [5.74, 6) is 0.445. The summed E-state index contributed by atoms with van der Waals surface area (Å²) in [6.45, 7) is 0. The Labute approximate surface area is 84.5 Å². The second-order valence-corrected chi connectivity index (χ2v) is 3.90. The van der Waals surface area contributed by atoms with E-state index in [0.717, 1.165) is 18.4 Å². The molecule has 2 nitrogen and oxygen atoms in total. The molecular weight excluding hydrogens is 176 g/mol. The average molecular weight is 192 g/mol. The van der Waals surface area contributed by atoms with E-state index in [2.05, 4.69) is 0 Å². The highest BCUT2D eigenvalue weighted by Crippen LogP contribution is 2.39. The quantitative estimate of drug-likeness (QED) is 0.792. The highest BCUT2D eigenvalue weighted by atomic mass is 16.5. The molecule has 1 aliphatic rings. The predicted molar refractivity (Wildman–Crippen MR) is 54.9 cm³/mol. The van der Waals surface area contributed by atoms with Gasteiger partial charge in [0.25, 0.3) is 0 Å². The number of rotatable bonds is 4. The minimum Gasteiger partial charge on any atom is -0.390 e. The zero-order valence-electron chi connectivity index (χ0n) is 8.39. The van der Waals surface area contributed by atoms with Crippen molar-refractivity contribution in [1.29, 1.82) is 0 Å². The maximum atomic E-state index is 9.98. The van der Waals surface area contributed by atoms with Gasteiger partial charge in [-0.1, -0.05) is 30.3 Å². The average Bonchev–Trinajstić information content (AvgIpc) is 3.03. The zero-order valence-corrected chi connectivity index (χ0v) is 8.39. The Morgan fingerprint density at radius 2 is 1.93 bits per heavy atom. The third-order valence-corrected chi connectivity index (χ3v) is 2.80. The van der Waals surface area contributed by atoms with E-state index in [1.807, 2.05) is 30.3 Å². The van der Waals surface area contributed by atoms with Crippen molar-refractivity contribution in [2.75, 3.05) is 7.11 Å². The molecule has 1 N–H and O–H groups in total. The standard InChI is InChI=1S/C12H16O2/c1-14-12(11(13)9-7-8-9)10-5-3-2-4-6-10/h2-6,9,11-13H,7-8H2,1H3. The Bertz CT molecular complexity index is 280. The SMILES string of the molecule is COC(c1ccccc1)C(O)C1CC1. The second-order valence-electron chi connectivity index (χ2n) is 3.90. The minimum atomic E-state index is -0.345. The Morgan fingerprint density at radius 3 is 2.43 bits per heavy atom. The fraction of sp³-hybridized carbons (Fsp3) is 0.500. The Balaban J connectivity index is 2.12. The molecule has 0 radical (unpaired) electrons. The van der Waals surface area contributed by atoms with Gasteiger partial charge in [-0.05, 0) is 24.3 Å². The van der Waals surface area contributed by atoms with E-state index in [1.54, 1.807) is 7.11 Å². The van der Waals surface area contributed by atoms with E-state index in [0.29, 0.717) is 5.92 Å². The normalized spacial score (nSPS) is 20.4. The molecule has 76 valence electrons. The lowest BCUT2D eigenvalue weighted by molar-refractivity contribution is -0.0244. The first kappa shape index (κ1) is 9.69. The van der Waals surface area contributed by atoms with Crippen LogP contribution in [-0.2, 0) is 4.74 Å². The molecule has 2 rings (SSSR count). The number of aliphatic hydroxyl groups excluding tert-OH is 1. The summed E-state index contributed by atoms with van der Waals surface area (Å²) in [4.78, 5) is 0. The zero-order chi connectivity index (χ0) is 9.97. The Kier molecular flexibility index (Phi) is 2.85. The van der Waals surface area contributed by atoms with Crippen molar-refractivity contribution < 1.29 is 9.84 Å². The van der Waals surface area contributed by atoms with Crippen LogP contribution in [0.3, 0.4) is 0 Å². The molecular formula is C12H16O2. The summed E-state index contributed by atoms with van der Waals surface area (Å²) in [5, 5.41) is 9.98. The maximum absolute atomic E-state index is 9.98. The smallest absolute Gasteiger partial charge is 0.108 e. The van der Waals surface area contributed by atoms with Crippen molar-refractivity contribution in [1.82, 2.24) is 0 Å². The van der Waals surface area contributed by atoms with Crippen LogP contribution in [0.1, 0.15) is 24.5 Å². The third kappa shape index (κ3) is 1.97. The van der Waals surface area contributed by atoms with E-state index >= 15 is 0 Å². The third-order valence-electron chi connectivity index (χ3n) is 2.80. The summed E-state index contributed by atoms with van der Waals surface area (Å²) in [5.41, 5.74) is 1.06. The van der Waals surface area contributed by atoms with Gasteiger partial charge in [0.2, 0.25) is 0 Å². The molecule has 1 aliphatic carbocycles. The molecule has 1 saturated carbocycles. The molecule has 0 aliphatic heterocycles. The summed E-state index contributed by atoms with van der Waals surface area (Å²) >= 11 is 0. The molecule has 0 spiro atoms. The first-order chi connectivity index (χ1) is 6.83. The van der Waals surface area contributed by atoms with E-state index < -0.39 is 0 Å². The van der Waals surface area contributed by atoms with Gasteiger partial charge in [0, 0.05) is 7.11 Å². The van der Waals surface area contributed by atoms with Crippen LogP contribution < -0.4 is 0 Å². The van der Waals surface area contributed by atoms with E-state index in [4.69, 9.17) is 4.74 Å². The first-order valence-electron chi connectivity index (χ1n) is 5.08. The molecule has 2 heteroatoms. The molecule has 0 aromatic heterocycles. The van der Waals surface area contributed by atoms with Crippen LogP contribution in [0.4, 0.5) is 0 Å². The first-order valence-corrected chi connectivity index (χ1v) is 5.08. The summed E-state index contributed by atoms with van der Waals surface area (Å²) in [6.07, 6.45) is 1.76. The van der Waals surface area contributed by atoms with Gasteiger partial charge >= 0.3 is 0 Å². The number of aliphatic hydroxyl groups is 1. The molecule has 1 aromatic rings. The number of methoxy groups -OCH3 is 1. The van der Waals surface area contributed by atoms with Crippen molar-refractivity contribution in [3.63, 3.8) is 0 Å². The maximum Gasteiger partial charge on any atom is 0.108 e. The van der Waals surface area contributed by atoms with Crippen molar-refractivity contribution in [2.24, 2.45) is 5.92 Å². The molecule has 2 atom stereocenters. The van der Waals surface area contributed by atoms with Gasteiger partial charge in [0.05, 0.1) is 6.10 Å². The Morgan fingerprint density at radius 1 is 1.29 bits per heavy atom. The summed E-state index contributed by atoms with van der Waals surface area (Å²) in [7, 11) is 1.66. The van der Waals surface area contributed by atoms with Gasteiger partial charge in [-0.15, -0.1) is 0 Å². The number of hydrogen-bond donors (Lipinski definition) is 1. The van der Waals surface area contributed by atoms with Gasteiger partial charge in [-0.2, -0.15) is 0 Å². The fourth-order valence-electron chi connectivity index (χ4n) is 1.80. The fourth-order valence-corrected chi connectivity index (χ4v) is 1.80. The van der Waals surface area contributed by atoms with Crippen LogP contribution in [-0.4, -0.2) is 18.3 Å². The minimum absolute atomic E-state index is 0.163. The van der Waals surface area contributed by atoms with Gasteiger partial charge < -0.3 is 9.84 Å². The lowest BCUT2D eigenvalue weighted by Gasteiger charge is -2.21. The van der Waals surface area contributed by atoms with Crippen molar-refractivity contribution >= 4 is 0 Å². The molecule has 0 amide bonds. The van der Waals surface area contributed by atoms with Crippen molar-refractivity contribution in [3.8, 4) is 0 Å². The molecule has 1 fully saturated rings. The van der Waals surface area contributed by atoms with Gasteiger partial charge in [-0.25, -0.2) is 0 Å². The molecule has 0 saturated heterocycles. The molecule has 14 heavy (non-hydrogen) atoms. The summed E-state index contributed by atoms with van der Waals surface area (Å²) in [6, 6.07) is 9.92. The molecule has 0 heterocycles. The highest BCUT2D eigenvalue weighted by Gasteiger charge is 2.35. The topological polar surface area (TPSA) is 29.5 Å². The van der Waals surface area contributed by atoms with Crippen LogP contribution in [0.25, 0.3) is 0 Å². The van der Waals surface area contributed by atoms with Crippen LogP contribution in [0.15, 0.2) is 30.3 Å². The van der Waals surface area contributed by atoms with Crippen LogP contribution in [0, 0.1) is 5.92 Å². The van der Waals surface area contributed by atoms with E-state index in [-0.39, 0.29) is 12.2 Å². The summed E-state index contributed by atoms with van der Waals surface area (Å²) < 4.78 is 5.35. The van der Waals surface area contributed by atoms with Crippen molar-refractivity contribution in [2.45, 2.75) is 25.0 Å². The number of ether oxygens (including phenoxy) is 1. The molecule has 0 bridgehead atoms. The lowest BCUT2D eigenvalue weighted by atomic mass is 10.0. The predicted octanol–water partition coefficient (Wildman–Crippen LogP) is 2.14. The highest BCUT2D eigenvalue weighted by molar-refractivity contribution is 5.19. The van der Waals surface area contributed by atoms with Crippen LogP contribution in [0.2, 0.25) is 0 Å². The van der Waals surface area contributed by atoms with Gasteiger partial charge in [-0.3, -0.25) is 0 Å². The van der Waals surface area contributed by atoms with E-state index in [1.165, 1.54) is 0 Å². The van der Waals surface area contributed by atoms with Crippen LogP contribution in [0.5, 0.6) is 0 Å². The van der Waals surface area contributed by atoms with Crippen molar-refractivity contribution in [3.05, 3.63) is 35.9 Å². The molecule has 2 unspecified atom stereocenters. The Hall–Kier alpha value is -0.860. The monoisotopic (exact) mass is 192 g/mol. The number of benzene rings is 1. The largest absolute Gasteiger partial charge is 0.390 e. The van der Waals surface area contributed by atoms with Crippen LogP contribution >= 0.6 is 0 Å². The number of hydrogen-bond acceptors (Lipinski definition) is 2. The van der Waals surface area contributed by atoms with Gasteiger partial charge in [0.1, 0.15) is 6.10 Å². The second kappa shape index (κ2) is 4.11. The lowest BCUT2D eigenvalue weighted by Crippen LogP contribution is -2.22. The van der Waals surface area contributed by atoms with Gasteiger partial charge in [0.15, 0.2) is 0 Å². The molecule has 1 aromatic carbocycles. The van der Waals surface area contributed by atoms with E-state index in [9.17, 15) is 5.11 Å².